The van der Waals surface area contributed by atoms with Crippen molar-refractivity contribution in [3.05, 3.63) is 17.5 Å². The third kappa shape index (κ3) is 1.46. The minimum Gasteiger partial charge on any atom is -0.374 e. The van der Waals surface area contributed by atoms with Crippen molar-refractivity contribution >= 4 is 0 Å². The van der Waals surface area contributed by atoms with E-state index < -0.39 is 6.10 Å². The molecule has 4 heteroatoms. The van der Waals surface area contributed by atoms with Gasteiger partial charge in [0.05, 0.1) is 11.8 Å². The molecule has 0 aliphatic heterocycles. The second kappa shape index (κ2) is 3.37. The lowest BCUT2D eigenvalue weighted by Crippen LogP contribution is -1.95. The zero-order chi connectivity index (χ0) is 9.14. The molecule has 1 N–H and O–H groups in total. The van der Waals surface area contributed by atoms with Crippen LogP contribution in [-0.2, 0) is 13.5 Å². The molecule has 0 aliphatic carbocycles. The van der Waals surface area contributed by atoms with Gasteiger partial charge in [0.15, 0.2) is 6.10 Å². The second-order valence-electron chi connectivity index (χ2n) is 2.59. The lowest BCUT2D eigenvalue weighted by molar-refractivity contribution is 0.235. The summed E-state index contributed by atoms with van der Waals surface area (Å²) >= 11 is 0. The van der Waals surface area contributed by atoms with Gasteiger partial charge in [0.2, 0.25) is 0 Å². The number of nitriles is 1. The molecule has 0 saturated carbocycles. The van der Waals surface area contributed by atoms with E-state index in [0.717, 1.165) is 12.1 Å². The average Bonchev–Trinajstić information content (AvgIpc) is 2.45. The van der Waals surface area contributed by atoms with Crippen LogP contribution in [0.2, 0.25) is 0 Å². The van der Waals surface area contributed by atoms with E-state index in [-0.39, 0.29) is 0 Å². The third-order valence-electron chi connectivity index (χ3n) is 1.69. The molecule has 4 nitrogen and oxygen atoms in total. The predicted octanol–water partition coefficient (Wildman–Crippen LogP) is 0.539. The van der Waals surface area contributed by atoms with E-state index in [9.17, 15) is 5.11 Å². The van der Waals surface area contributed by atoms with E-state index in [4.69, 9.17) is 5.26 Å². The van der Waals surface area contributed by atoms with Gasteiger partial charge in [-0.05, 0) is 6.42 Å². The van der Waals surface area contributed by atoms with Gasteiger partial charge in [0.1, 0.15) is 0 Å². The Morgan fingerprint density at radius 2 is 2.50 bits per heavy atom. The van der Waals surface area contributed by atoms with Crippen LogP contribution in [-0.4, -0.2) is 14.9 Å². The Balaban J connectivity index is 3.06. The first-order valence-electron chi connectivity index (χ1n) is 3.79. The molecule has 0 aromatic carbocycles. The van der Waals surface area contributed by atoms with Crippen molar-refractivity contribution in [3.63, 3.8) is 0 Å². The Hall–Kier alpha value is -1.34. The molecule has 0 fully saturated rings. The smallest absolute Gasteiger partial charge is 0.169 e. The minimum absolute atomic E-state index is 0.613. The Morgan fingerprint density at radius 1 is 1.83 bits per heavy atom. The van der Waals surface area contributed by atoms with Crippen LogP contribution in [0.4, 0.5) is 0 Å². The van der Waals surface area contributed by atoms with Crippen LogP contribution < -0.4 is 0 Å². The van der Waals surface area contributed by atoms with Crippen molar-refractivity contribution in [1.29, 1.82) is 5.26 Å². The highest BCUT2D eigenvalue weighted by Gasteiger charge is 2.13. The summed E-state index contributed by atoms with van der Waals surface area (Å²) in [6, 6.07) is 1.77. The molecule has 1 aromatic heterocycles. The topological polar surface area (TPSA) is 61.8 Å². The first kappa shape index (κ1) is 8.75. The highest BCUT2D eigenvalue weighted by Crippen LogP contribution is 2.15. The molecule has 0 spiro atoms. The summed E-state index contributed by atoms with van der Waals surface area (Å²) in [6.07, 6.45) is 1.36. The lowest BCUT2D eigenvalue weighted by Gasteiger charge is -1.98. The molecule has 64 valence electrons. The van der Waals surface area contributed by atoms with Gasteiger partial charge < -0.3 is 5.11 Å². The first-order chi connectivity index (χ1) is 5.69. The third-order valence-corrected chi connectivity index (χ3v) is 1.69. The van der Waals surface area contributed by atoms with Gasteiger partial charge in [-0.3, -0.25) is 4.68 Å². The van der Waals surface area contributed by atoms with Gasteiger partial charge in [0.25, 0.3) is 0 Å². The van der Waals surface area contributed by atoms with E-state index in [1.165, 1.54) is 0 Å². The van der Waals surface area contributed by atoms with Gasteiger partial charge in [-0.25, -0.2) is 0 Å². The summed E-state index contributed by atoms with van der Waals surface area (Å²) in [4.78, 5) is 0. The molecule has 0 saturated heterocycles. The van der Waals surface area contributed by atoms with Crippen LogP contribution in [0.25, 0.3) is 0 Å². The van der Waals surface area contributed by atoms with Crippen LogP contribution in [0.1, 0.15) is 24.3 Å². The zero-order valence-corrected chi connectivity index (χ0v) is 7.15. The number of nitrogens with zero attached hydrogens (tertiary/aromatic N) is 3. The van der Waals surface area contributed by atoms with Crippen LogP contribution in [0.15, 0.2) is 6.20 Å². The maximum absolute atomic E-state index is 9.24. The maximum atomic E-state index is 9.24. The average molecular weight is 165 g/mol. The van der Waals surface area contributed by atoms with Gasteiger partial charge in [-0.1, -0.05) is 6.92 Å². The number of aliphatic hydroxyl groups excluding tert-OH is 1. The Morgan fingerprint density at radius 3 is 3.00 bits per heavy atom. The standard InChI is InChI=1S/C8H11N3O/c1-3-7-6(8(12)4-9)5-11(2)10-7/h5,8,12H,3H2,1-2H3. The molecule has 12 heavy (non-hydrogen) atoms. The van der Waals surface area contributed by atoms with Gasteiger partial charge in [-0.15, -0.1) is 0 Å². The van der Waals surface area contributed by atoms with E-state index >= 15 is 0 Å². The van der Waals surface area contributed by atoms with Crippen molar-refractivity contribution in [2.24, 2.45) is 7.05 Å². The largest absolute Gasteiger partial charge is 0.374 e. The molecule has 1 atom stereocenters. The summed E-state index contributed by atoms with van der Waals surface area (Å²) in [6.45, 7) is 1.94. The molecule has 0 bridgehead atoms. The zero-order valence-electron chi connectivity index (χ0n) is 7.15. The normalized spacial score (nSPS) is 12.5. The van der Waals surface area contributed by atoms with Crippen molar-refractivity contribution in [3.8, 4) is 6.07 Å². The fourth-order valence-corrected chi connectivity index (χ4v) is 1.13. The molecule has 0 aliphatic rings. The van der Waals surface area contributed by atoms with Crippen molar-refractivity contribution in [2.75, 3.05) is 0 Å². The van der Waals surface area contributed by atoms with Gasteiger partial charge in [0, 0.05) is 18.8 Å². The number of hydrogen-bond donors (Lipinski definition) is 1. The lowest BCUT2D eigenvalue weighted by atomic mass is 10.1. The summed E-state index contributed by atoms with van der Waals surface area (Å²) in [5, 5.41) is 21.8. The summed E-state index contributed by atoms with van der Waals surface area (Å²) < 4.78 is 1.61. The Kier molecular flexibility index (Phi) is 2.46. The number of aliphatic hydroxyl groups is 1. The monoisotopic (exact) mass is 165 g/mol. The quantitative estimate of drug-likeness (QED) is 0.650. The van der Waals surface area contributed by atoms with Gasteiger partial charge >= 0.3 is 0 Å². The van der Waals surface area contributed by atoms with Crippen molar-refractivity contribution in [1.82, 2.24) is 9.78 Å². The van der Waals surface area contributed by atoms with E-state index in [0.29, 0.717) is 5.56 Å². The summed E-state index contributed by atoms with van der Waals surface area (Å²) in [7, 11) is 1.77. The van der Waals surface area contributed by atoms with E-state index in [2.05, 4.69) is 5.10 Å². The van der Waals surface area contributed by atoms with E-state index in [1.54, 1.807) is 24.0 Å². The molecule has 1 aromatic rings. The SMILES string of the molecule is CCc1nn(C)cc1C(O)C#N. The fraction of sp³-hybridized carbons (Fsp3) is 0.500. The van der Waals surface area contributed by atoms with Crippen molar-refractivity contribution in [2.45, 2.75) is 19.4 Å². The first-order valence-corrected chi connectivity index (χ1v) is 3.79. The number of rotatable bonds is 2. The van der Waals surface area contributed by atoms with Crippen LogP contribution >= 0.6 is 0 Å². The van der Waals surface area contributed by atoms with Crippen LogP contribution in [0.5, 0.6) is 0 Å². The fourth-order valence-electron chi connectivity index (χ4n) is 1.13. The second-order valence-corrected chi connectivity index (χ2v) is 2.59. The maximum Gasteiger partial charge on any atom is 0.169 e. The Labute approximate surface area is 71.1 Å². The molecular formula is C8H11N3O. The van der Waals surface area contributed by atoms with Gasteiger partial charge in [-0.2, -0.15) is 10.4 Å². The molecular weight excluding hydrogens is 154 g/mol. The van der Waals surface area contributed by atoms with Crippen LogP contribution in [0.3, 0.4) is 0 Å². The summed E-state index contributed by atoms with van der Waals surface area (Å²) in [5.74, 6) is 0. The molecule has 0 amide bonds. The van der Waals surface area contributed by atoms with Crippen molar-refractivity contribution < 1.29 is 5.11 Å². The predicted molar refractivity (Wildman–Crippen MR) is 43.2 cm³/mol. The minimum atomic E-state index is -1.05. The number of hydrogen-bond acceptors (Lipinski definition) is 3. The molecule has 1 rings (SSSR count). The van der Waals surface area contributed by atoms with Crippen LogP contribution in [0, 0.1) is 11.3 Å². The summed E-state index contributed by atoms with van der Waals surface area (Å²) in [5.41, 5.74) is 1.40. The number of aromatic nitrogens is 2. The Bertz CT molecular complexity index is 311. The molecule has 1 unspecified atom stereocenters. The molecule has 1 heterocycles. The highest BCUT2D eigenvalue weighted by molar-refractivity contribution is 5.24. The number of aryl methyl sites for hydroxylation is 2. The van der Waals surface area contributed by atoms with E-state index in [1.807, 2.05) is 6.92 Å². The highest BCUT2D eigenvalue weighted by atomic mass is 16.3. The molecule has 0 radical (unpaired) electrons.